The van der Waals surface area contributed by atoms with Gasteiger partial charge in [0.25, 0.3) is 5.91 Å². The molecule has 1 aliphatic heterocycles. The molecule has 1 amide bonds. The van der Waals surface area contributed by atoms with Crippen molar-refractivity contribution in [2.45, 2.75) is 0 Å². The number of nitrogen functional groups attached to an aromatic ring is 1. The zero-order valence-corrected chi connectivity index (χ0v) is 18.5. The average Bonchev–Trinajstić information content (AvgIpc) is 3.47. The maximum Gasteiger partial charge on any atom is 0.266 e. The number of carbonyl (C=O) groups excluding carboxylic acids is 1. The van der Waals surface area contributed by atoms with Crippen LogP contribution in [-0.2, 0) is 4.74 Å². The van der Waals surface area contributed by atoms with Gasteiger partial charge < -0.3 is 20.1 Å². The number of nitrogens with zero attached hydrogens (tertiary/aromatic N) is 3. The molecule has 4 heterocycles. The fourth-order valence-electron chi connectivity index (χ4n) is 3.59. The van der Waals surface area contributed by atoms with E-state index in [1.807, 2.05) is 41.8 Å². The summed E-state index contributed by atoms with van der Waals surface area (Å²) in [7, 11) is 1.63. The van der Waals surface area contributed by atoms with E-state index in [2.05, 4.69) is 0 Å². The van der Waals surface area contributed by atoms with Gasteiger partial charge in [0.05, 0.1) is 42.0 Å². The molecule has 1 fully saturated rings. The number of benzene rings is 1. The first kappa shape index (κ1) is 19.9. The molecule has 0 atom stereocenters. The van der Waals surface area contributed by atoms with Crippen molar-refractivity contribution < 1.29 is 14.3 Å². The lowest BCUT2D eigenvalue weighted by atomic mass is 10.1. The van der Waals surface area contributed by atoms with E-state index in [1.54, 1.807) is 23.3 Å². The predicted octanol–water partition coefficient (Wildman–Crippen LogP) is 4.15. The molecular weight excluding hydrogens is 432 g/mol. The normalized spacial score (nSPS) is 14.2. The molecule has 0 bridgehead atoms. The second-order valence-corrected chi connectivity index (χ2v) is 8.98. The fraction of sp³-hybridized carbons (Fsp3) is 0.227. The third-order valence-corrected chi connectivity index (χ3v) is 7.12. The van der Waals surface area contributed by atoms with Gasteiger partial charge in [-0.15, -0.1) is 22.7 Å². The number of ether oxygens (including phenoxy) is 2. The summed E-state index contributed by atoms with van der Waals surface area (Å²) in [6.45, 7) is 2.19. The van der Waals surface area contributed by atoms with Crippen LogP contribution in [0.1, 0.15) is 9.67 Å². The van der Waals surface area contributed by atoms with E-state index in [1.165, 1.54) is 11.3 Å². The molecule has 0 aliphatic carbocycles. The molecule has 7 nitrogen and oxygen atoms in total. The van der Waals surface area contributed by atoms with E-state index in [0.717, 1.165) is 16.2 Å². The highest BCUT2D eigenvalue weighted by Crippen LogP contribution is 2.41. The van der Waals surface area contributed by atoms with E-state index in [9.17, 15) is 4.79 Å². The van der Waals surface area contributed by atoms with Crippen LogP contribution >= 0.6 is 22.7 Å². The topological polar surface area (TPSA) is 90.6 Å². The van der Waals surface area contributed by atoms with Crippen LogP contribution in [-0.4, -0.2) is 54.2 Å². The first-order valence-corrected chi connectivity index (χ1v) is 11.5. The Morgan fingerprint density at radius 1 is 1.19 bits per heavy atom. The van der Waals surface area contributed by atoms with Crippen molar-refractivity contribution >= 4 is 44.5 Å². The second kappa shape index (κ2) is 8.26. The molecule has 9 heteroatoms. The largest absolute Gasteiger partial charge is 0.497 e. The molecular formula is C22H20N4O3S2. The van der Waals surface area contributed by atoms with Gasteiger partial charge in [0.2, 0.25) is 0 Å². The Labute approximate surface area is 187 Å². The molecule has 1 aromatic carbocycles. The number of amides is 1. The highest BCUT2D eigenvalue weighted by atomic mass is 32.1. The molecule has 158 valence electrons. The number of hydrogen-bond acceptors (Lipinski definition) is 8. The van der Waals surface area contributed by atoms with Gasteiger partial charge in [-0.25, -0.2) is 9.97 Å². The van der Waals surface area contributed by atoms with Gasteiger partial charge in [-0.1, -0.05) is 18.2 Å². The predicted molar refractivity (Wildman–Crippen MR) is 124 cm³/mol. The minimum Gasteiger partial charge on any atom is -0.497 e. The first-order valence-electron chi connectivity index (χ1n) is 9.81. The van der Waals surface area contributed by atoms with E-state index in [4.69, 9.17) is 25.2 Å². The highest BCUT2D eigenvalue weighted by molar-refractivity contribution is 7.21. The Morgan fingerprint density at radius 2 is 2.03 bits per heavy atom. The van der Waals surface area contributed by atoms with Crippen LogP contribution in [0.3, 0.4) is 0 Å². The standard InChI is InChI=1S/C22H20N4O3S2/c1-28-14-5-2-4-13(12-14)18-16-17(23)19(22(27)26-7-9-29-10-8-26)31-21(16)25-20(24-18)15-6-3-11-30-15/h2-6,11-12H,7-10,23H2,1H3. The summed E-state index contributed by atoms with van der Waals surface area (Å²) in [6, 6.07) is 11.6. The Bertz CT molecular complexity index is 1250. The zero-order chi connectivity index (χ0) is 21.4. The number of anilines is 1. The molecule has 1 aliphatic rings. The summed E-state index contributed by atoms with van der Waals surface area (Å²) >= 11 is 2.89. The summed E-state index contributed by atoms with van der Waals surface area (Å²) in [4.78, 5) is 26.8. The van der Waals surface area contributed by atoms with Crippen LogP contribution in [0.5, 0.6) is 5.75 Å². The third kappa shape index (κ3) is 3.65. The highest BCUT2D eigenvalue weighted by Gasteiger charge is 2.27. The number of fused-ring (bicyclic) bond motifs is 1. The Hall–Kier alpha value is -3.01. The number of thiophene rings is 2. The minimum absolute atomic E-state index is 0.0851. The fourth-order valence-corrected chi connectivity index (χ4v) is 5.31. The number of rotatable bonds is 4. The minimum atomic E-state index is -0.0851. The lowest BCUT2D eigenvalue weighted by Gasteiger charge is -2.26. The second-order valence-electron chi connectivity index (χ2n) is 7.03. The van der Waals surface area contributed by atoms with Gasteiger partial charge in [-0.3, -0.25) is 4.79 Å². The van der Waals surface area contributed by atoms with Crippen molar-refractivity contribution in [3.8, 4) is 27.7 Å². The van der Waals surface area contributed by atoms with Crippen LogP contribution in [0.25, 0.3) is 32.2 Å². The van der Waals surface area contributed by atoms with E-state index >= 15 is 0 Å². The van der Waals surface area contributed by atoms with Crippen LogP contribution in [0.2, 0.25) is 0 Å². The quantitative estimate of drug-likeness (QED) is 0.500. The molecule has 4 aromatic rings. The van der Waals surface area contributed by atoms with Gasteiger partial charge in [-0.2, -0.15) is 0 Å². The van der Waals surface area contributed by atoms with Gasteiger partial charge in [0.1, 0.15) is 15.5 Å². The Balaban J connectivity index is 1.71. The van der Waals surface area contributed by atoms with Gasteiger partial charge in [0.15, 0.2) is 5.82 Å². The summed E-state index contributed by atoms with van der Waals surface area (Å²) in [6.07, 6.45) is 0. The van der Waals surface area contributed by atoms with Crippen LogP contribution in [0.4, 0.5) is 5.69 Å². The van der Waals surface area contributed by atoms with E-state index < -0.39 is 0 Å². The zero-order valence-electron chi connectivity index (χ0n) is 16.8. The smallest absolute Gasteiger partial charge is 0.266 e. The molecule has 0 spiro atoms. The molecule has 0 radical (unpaired) electrons. The molecule has 3 aromatic heterocycles. The molecule has 31 heavy (non-hydrogen) atoms. The monoisotopic (exact) mass is 452 g/mol. The van der Waals surface area contributed by atoms with Gasteiger partial charge in [-0.05, 0) is 23.6 Å². The number of hydrogen-bond donors (Lipinski definition) is 1. The number of nitrogens with two attached hydrogens (primary N) is 1. The number of methoxy groups -OCH3 is 1. The lowest BCUT2D eigenvalue weighted by Crippen LogP contribution is -2.40. The van der Waals surface area contributed by atoms with Crippen molar-refractivity contribution in [3.05, 3.63) is 46.7 Å². The third-order valence-electron chi connectivity index (χ3n) is 5.17. The average molecular weight is 453 g/mol. The number of carbonyl (C=O) groups is 1. The lowest BCUT2D eigenvalue weighted by molar-refractivity contribution is 0.0307. The first-order chi connectivity index (χ1) is 15.2. The maximum absolute atomic E-state index is 13.2. The molecule has 1 saturated heterocycles. The SMILES string of the molecule is COc1cccc(-c2nc(-c3cccs3)nc3sc(C(=O)N4CCOCC4)c(N)c23)c1. The summed E-state index contributed by atoms with van der Waals surface area (Å²) in [5.41, 5.74) is 8.53. The Kier molecular flexibility index (Phi) is 5.31. The summed E-state index contributed by atoms with van der Waals surface area (Å²) in [5, 5.41) is 2.69. The van der Waals surface area contributed by atoms with E-state index in [-0.39, 0.29) is 5.91 Å². The Morgan fingerprint density at radius 3 is 2.77 bits per heavy atom. The van der Waals surface area contributed by atoms with E-state index in [0.29, 0.717) is 58.6 Å². The van der Waals surface area contributed by atoms with Crippen LogP contribution in [0.15, 0.2) is 41.8 Å². The molecule has 0 saturated carbocycles. The van der Waals surface area contributed by atoms with Crippen molar-refractivity contribution in [3.63, 3.8) is 0 Å². The molecule has 0 unspecified atom stereocenters. The van der Waals surface area contributed by atoms with Crippen molar-refractivity contribution in [1.82, 2.24) is 14.9 Å². The number of aromatic nitrogens is 2. The molecule has 2 N–H and O–H groups in total. The summed E-state index contributed by atoms with van der Waals surface area (Å²) in [5.74, 6) is 1.25. The van der Waals surface area contributed by atoms with Gasteiger partial charge in [0, 0.05) is 18.7 Å². The van der Waals surface area contributed by atoms with Crippen molar-refractivity contribution in [1.29, 1.82) is 0 Å². The van der Waals surface area contributed by atoms with Crippen LogP contribution < -0.4 is 10.5 Å². The van der Waals surface area contributed by atoms with Crippen LogP contribution in [0, 0.1) is 0 Å². The van der Waals surface area contributed by atoms with Crippen molar-refractivity contribution in [2.75, 3.05) is 39.1 Å². The molecule has 5 rings (SSSR count). The van der Waals surface area contributed by atoms with Gasteiger partial charge >= 0.3 is 0 Å². The van der Waals surface area contributed by atoms with Crippen molar-refractivity contribution in [2.24, 2.45) is 0 Å². The number of morpholine rings is 1. The maximum atomic E-state index is 13.2. The summed E-state index contributed by atoms with van der Waals surface area (Å²) < 4.78 is 10.8.